The van der Waals surface area contributed by atoms with Gasteiger partial charge in [-0.15, -0.1) is 0 Å². The zero-order chi connectivity index (χ0) is 19.5. The normalized spacial score (nSPS) is 18.2. The lowest BCUT2D eigenvalue weighted by molar-refractivity contribution is 0.0270. The molecular weight excluding hydrogens is 358 g/mol. The van der Waals surface area contributed by atoms with E-state index < -0.39 is 16.1 Å². The second-order valence-corrected chi connectivity index (χ2v) is 21.0. The van der Waals surface area contributed by atoms with E-state index in [9.17, 15) is 5.11 Å². The van der Waals surface area contributed by atoms with Crippen molar-refractivity contribution in [1.82, 2.24) is 4.90 Å². The average Bonchev–Trinajstić information content (AvgIpc) is 2.57. The maximum Gasteiger partial charge on any atom is 0.0773 e. The van der Waals surface area contributed by atoms with E-state index in [2.05, 4.69) is 37.6 Å². The standard InChI is InChI=1S/C20H45NO3Si2/c1-25(2,3)17-18-26(4,5)16-8-13-24-19-20(22)9-6-7-10-21-11-14-23-15-12-21/h20,22H,6-19H2,1-5H3. The zero-order valence-electron chi connectivity index (χ0n) is 18.2. The second kappa shape index (κ2) is 12.7. The first-order valence-corrected chi connectivity index (χ1v) is 17.9. The molecule has 0 aromatic carbocycles. The van der Waals surface area contributed by atoms with Gasteiger partial charge in [0.2, 0.25) is 0 Å². The van der Waals surface area contributed by atoms with Crippen LogP contribution < -0.4 is 0 Å². The summed E-state index contributed by atoms with van der Waals surface area (Å²) in [5, 5.41) is 10.1. The predicted molar refractivity (Wildman–Crippen MR) is 118 cm³/mol. The molecule has 0 aromatic rings. The summed E-state index contributed by atoms with van der Waals surface area (Å²) < 4.78 is 11.1. The summed E-state index contributed by atoms with van der Waals surface area (Å²) in [7, 11) is -1.96. The minimum absolute atomic E-state index is 0.295. The first kappa shape index (κ1) is 24.3. The van der Waals surface area contributed by atoms with Crippen molar-refractivity contribution in [1.29, 1.82) is 0 Å². The molecule has 0 aliphatic carbocycles. The van der Waals surface area contributed by atoms with Gasteiger partial charge in [0.15, 0.2) is 0 Å². The van der Waals surface area contributed by atoms with Crippen molar-refractivity contribution in [2.45, 2.75) is 82.7 Å². The summed E-state index contributed by atoms with van der Waals surface area (Å²) in [6, 6.07) is 4.29. The van der Waals surface area contributed by atoms with Gasteiger partial charge in [0.1, 0.15) is 0 Å². The van der Waals surface area contributed by atoms with Gasteiger partial charge in [-0.3, -0.25) is 4.90 Å². The Bertz CT molecular complexity index is 355. The second-order valence-electron chi connectivity index (χ2n) is 10.0. The third-order valence-electron chi connectivity index (χ3n) is 5.37. The van der Waals surface area contributed by atoms with Crippen LogP contribution in [0, 0.1) is 0 Å². The molecule has 4 nitrogen and oxygen atoms in total. The van der Waals surface area contributed by atoms with E-state index in [4.69, 9.17) is 9.47 Å². The highest BCUT2D eigenvalue weighted by molar-refractivity contribution is 6.82. The molecule has 26 heavy (non-hydrogen) atoms. The van der Waals surface area contributed by atoms with Crippen molar-refractivity contribution < 1.29 is 14.6 Å². The minimum Gasteiger partial charge on any atom is -0.391 e. The van der Waals surface area contributed by atoms with Gasteiger partial charge in [-0.1, -0.05) is 50.9 Å². The lowest BCUT2D eigenvalue weighted by atomic mass is 10.1. The summed E-state index contributed by atoms with van der Waals surface area (Å²) >= 11 is 0. The lowest BCUT2D eigenvalue weighted by Gasteiger charge is -2.26. The van der Waals surface area contributed by atoms with Crippen molar-refractivity contribution >= 4 is 16.1 Å². The smallest absolute Gasteiger partial charge is 0.0773 e. The summed E-state index contributed by atoms with van der Waals surface area (Å²) in [6.07, 6.45) is 3.97. The molecule has 1 rings (SSSR count). The average molecular weight is 404 g/mol. The highest BCUT2D eigenvalue weighted by atomic mass is 28.3. The third-order valence-corrected chi connectivity index (χ3v) is 10.9. The van der Waals surface area contributed by atoms with Gasteiger partial charge >= 0.3 is 0 Å². The Hall–Kier alpha value is 0.274. The molecule has 0 radical (unpaired) electrons. The van der Waals surface area contributed by atoms with E-state index in [1.807, 2.05) is 0 Å². The molecule has 0 spiro atoms. The molecule has 1 unspecified atom stereocenters. The Balaban J connectivity index is 1.96. The fourth-order valence-corrected chi connectivity index (χ4v) is 10.4. The summed E-state index contributed by atoms with van der Waals surface area (Å²) in [4.78, 5) is 2.46. The van der Waals surface area contributed by atoms with E-state index in [1.165, 1.54) is 18.1 Å². The van der Waals surface area contributed by atoms with Gasteiger partial charge < -0.3 is 14.6 Å². The highest BCUT2D eigenvalue weighted by Gasteiger charge is 2.24. The quantitative estimate of drug-likeness (QED) is 0.347. The van der Waals surface area contributed by atoms with E-state index in [1.54, 1.807) is 0 Å². The van der Waals surface area contributed by atoms with Gasteiger partial charge in [-0.2, -0.15) is 0 Å². The van der Waals surface area contributed by atoms with Crippen LogP contribution >= 0.6 is 0 Å². The fourth-order valence-electron chi connectivity index (χ4n) is 3.33. The van der Waals surface area contributed by atoms with E-state index in [0.29, 0.717) is 6.61 Å². The predicted octanol–water partition coefficient (Wildman–Crippen LogP) is 4.30. The fraction of sp³-hybridized carbons (Fsp3) is 1.00. The minimum atomic E-state index is -1.05. The Kier molecular flexibility index (Phi) is 11.9. The number of morpholine rings is 1. The molecule has 1 saturated heterocycles. The van der Waals surface area contributed by atoms with Crippen LogP contribution in [0.15, 0.2) is 0 Å². The van der Waals surface area contributed by atoms with Gasteiger partial charge in [-0.25, -0.2) is 0 Å². The van der Waals surface area contributed by atoms with Crippen molar-refractivity contribution in [2.24, 2.45) is 0 Å². The van der Waals surface area contributed by atoms with E-state index in [0.717, 1.165) is 65.1 Å². The SMILES string of the molecule is C[Si](C)(C)CC[Si](C)(C)CCCOCC(O)CCCCN1CCOCC1. The van der Waals surface area contributed by atoms with Crippen LogP contribution in [0.25, 0.3) is 0 Å². The first-order valence-electron chi connectivity index (χ1n) is 10.7. The largest absolute Gasteiger partial charge is 0.391 e. The molecule has 0 amide bonds. The number of aliphatic hydroxyl groups excluding tert-OH is 1. The topological polar surface area (TPSA) is 41.9 Å². The maximum atomic E-state index is 10.1. The molecule has 0 aromatic heterocycles. The molecular formula is C20H45NO3Si2. The molecule has 0 saturated carbocycles. The molecule has 1 aliphatic rings. The lowest BCUT2D eigenvalue weighted by Crippen LogP contribution is -2.36. The number of aliphatic hydroxyl groups is 1. The van der Waals surface area contributed by atoms with Crippen LogP contribution in [-0.2, 0) is 9.47 Å². The Morgan fingerprint density at radius 3 is 2.31 bits per heavy atom. The van der Waals surface area contributed by atoms with Crippen LogP contribution in [0.2, 0.25) is 50.9 Å². The van der Waals surface area contributed by atoms with Crippen LogP contribution in [-0.4, -0.2) is 78.3 Å². The van der Waals surface area contributed by atoms with E-state index >= 15 is 0 Å². The molecule has 6 heteroatoms. The van der Waals surface area contributed by atoms with E-state index in [-0.39, 0.29) is 6.10 Å². The van der Waals surface area contributed by atoms with Gasteiger partial charge in [0, 0.05) is 35.8 Å². The van der Waals surface area contributed by atoms with Crippen molar-refractivity contribution in [3.05, 3.63) is 0 Å². The number of hydrogen-bond donors (Lipinski definition) is 1. The molecule has 1 aliphatic heterocycles. The first-order chi connectivity index (χ1) is 12.2. The summed E-state index contributed by atoms with van der Waals surface area (Å²) in [5.41, 5.74) is 0. The zero-order valence-corrected chi connectivity index (χ0v) is 20.2. The molecule has 1 fully saturated rings. The number of rotatable bonds is 14. The Morgan fingerprint density at radius 2 is 1.65 bits per heavy atom. The highest BCUT2D eigenvalue weighted by Crippen LogP contribution is 2.24. The van der Waals surface area contributed by atoms with Crippen molar-refractivity contribution in [3.8, 4) is 0 Å². The molecule has 0 bridgehead atoms. The summed E-state index contributed by atoms with van der Waals surface area (Å²) in [6.45, 7) is 18.8. The van der Waals surface area contributed by atoms with Crippen molar-refractivity contribution in [2.75, 3.05) is 46.1 Å². The van der Waals surface area contributed by atoms with Crippen LogP contribution in [0.1, 0.15) is 25.7 Å². The third kappa shape index (κ3) is 13.4. The van der Waals surface area contributed by atoms with Crippen LogP contribution in [0.4, 0.5) is 0 Å². The van der Waals surface area contributed by atoms with Gasteiger partial charge in [0.05, 0.1) is 25.9 Å². The number of nitrogens with zero attached hydrogens (tertiary/aromatic N) is 1. The maximum absolute atomic E-state index is 10.1. The monoisotopic (exact) mass is 403 g/mol. The van der Waals surface area contributed by atoms with Crippen molar-refractivity contribution in [3.63, 3.8) is 0 Å². The number of hydrogen-bond acceptors (Lipinski definition) is 4. The van der Waals surface area contributed by atoms with Crippen LogP contribution in [0.5, 0.6) is 0 Å². The van der Waals surface area contributed by atoms with Gasteiger partial charge in [-0.05, 0) is 32.2 Å². The summed E-state index contributed by atoms with van der Waals surface area (Å²) in [5.74, 6) is 0. The Labute approximate surface area is 164 Å². The van der Waals surface area contributed by atoms with Gasteiger partial charge in [0.25, 0.3) is 0 Å². The Morgan fingerprint density at radius 1 is 0.962 bits per heavy atom. The molecule has 1 heterocycles. The molecule has 156 valence electrons. The van der Waals surface area contributed by atoms with Crippen LogP contribution in [0.3, 0.4) is 0 Å². The molecule has 1 N–H and O–H groups in total. The molecule has 1 atom stereocenters. The number of ether oxygens (including phenoxy) is 2. The number of unbranched alkanes of at least 4 members (excludes halogenated alkanes) is 1.